The van der Waals surface area contributed by atoms with Crippen LogP contribution in [0.2, 0.25) is 0 Å². The molecular formula is C9H15N5O3. The van der Waals surface area contributed by atoms with Crippen LogP contribution in [0, 0.1) is 0 Å². The minimum absolute atomic E-state index is 0.0361. The molecule has 0 aliphatic carbocycles. The molecule has 8 nitrogen and oxygen atoms in total. The molecule has 1 heterocycles. The number of ether oxygens (including phenoxy) is 1. The van der Waals surface area contributed by atoms with Crippen LogP contribution >= 0.6 is 0 Å². The van der Waals surface area contributed by atoms with E-state index >= 15 is 0 Å². The van der Waals surface area contributed by atoms with Gasteiger partial charge < -0.3 is 21.0 Å². The van der Waals surface area contributed by atoms with E-state index < -0.39 is 0 Å². The first kappa shape index (κ1) is 13.0. The van der Waals surface area contributed by atoms with Gasteiger partial charge in [0, 0.05) is 0 Å². The lowest BCUT2D eigenvalue weighted by atomic mass is 10.3. The second-order valence-electron chi connectivity index (χ2n) is 3.55. The molecule has 0 saturated carbocycles. The fourth-order valence-corrected chi connectivity index (χ4v) is 1.05. The molecule has 94 valence electrons. The summed E-state index contributed by atoms with van der Waals surface area (Å²) in [5.74, 6) is -0.230. The van der Waals surface area contributed by atoms with E-state index in [9.17, 15) is 4.79 Å². The third-order valence-electron chi connectivity index (χ3n) is 1.84. The molecule has 0 fully saturated rings. The maximum absolute atomic E-state index is 11.5. The van der Waals surface area contributed by atoms with Crippen LogP contribution in [0.25, 0.3) is 0 Å². The maximum Gasteiger partial charge on any atom is 0.251 e. The first-order chi connectivity index (χ1) is 8.04. The van der Waals surface area contributed by atoms with Crippen molar-refractivity contribution in [2.75, 3.05) is 11.9 Å². The highest BCUT2D eigenvalue weighted by atomic mass is 16.5. The van der Waals surface area contributed by atoms with Crippen LogP contribution in [-0.2, 0) is 9.53 Å². The topological polar surface area (TPSA) is 126 Å². The van der Waals surface area contributed by atoms with Crippen molar-refractivity contribution >= 4 is 17.6 Å². The molecule has 0 unspecified atom stereocenters. The molecule has 0 aromatic carbocycles. The summed E-state index contributed by atoms with van der Waals surface area (Å²) in [7, 11) is 0. The largest absolute Gasteiger partial charge is 0.409 e. The SMILES string of the molecule is CC(C)OCC(=O)Nc1[nH]ncc1C(N)=NO. The number of nitrogens with zero attached hydrogens (tertiary/aromatic N) is 2. The summed E-state index contributed by atoms with van der Waals surface area (Å²) in [6, 6.07) is 0. The van der Waals surface area contributed by atoms with Gasteiger partial charge in [-0.3, -0.25) is 9.89 Å². The first-order valence-electron chi connectivity index (χ1n) is 4.97. The van der Waals surface area contributed by atoms with Gasteiger partial charge in [-0.2, -0.15) is 5.10 Å². The zero-order chi connectivity index (χ0) is 12.8. The van der Waals surface area contributed by atoms with Crippen molar-refractivity contribution in [2.45, 2.75) is 20.0 Å². The van der Waals surface area contributed by atoms with E-state index in [1.807, 2.05) is 13.8 Å². The Morgan fingerprint density at radius 3 is 3.06 bits per heavy atom. The average Bonchev–Trinajstić information content (AvgIpc) is 2.73. The van der Waals surface area contributed by atoms with Crippen molar-refractivity contribution < 1.29 is 14.7 Å². The van der Waals surface area contributed by atoms with Crippen LogP contribution in [0.5, 0.6) is 0 Å². The highest BCUT2D eigenvalue weighted by Gasteiger charge is 2.12. The second-order valence-corrected chi connectivity index (χ2v) is 3.55. The van der Waals surface area contributed by atoms with E-state index in [1.165, 1.54) is 6.20 Å². The van der Waals surface area contributed by atoms with Gasteiger partial charge in [0.05, 0.1) is 17.9 Å². The molecule has 8 heteroatoms. The van der Waals surface area contributed by atoms with Gasteiger partial charge in [-0.1, -0.05) is 5.16 Å². The number of hydrogen-bond acceptors (Lipinski definition) is 5. The van der Waals surface area contributed by atoms with Crippen LogP contribution in [0.15, 0.2) is 11.4 Å². The molecule has 0 bridgehead atoms. The zero-order valence-electron chi connectivity index (χ0n) is 9.60. The molecule has 1 aromatic heterocycles. The van der Waals surface area contributed by atoms with Gasteiger partial charge in [-0.15, -0.1) is 0 Å². The maximum atomic E-state index is 11.5. The second kappa shape index (κ2) is 5.85. The van der Waals surface area contributed by atoms with Gasteiger partial charge in [0.1, 0.15) is 12.4 Å². The zero-order valence-corrected chi connectivity index (χ0v) is 9.60. The number of anilines is 1. The highest BCUT2D eigenvalue weighted by Crippen LogP contribution is 2.10. The number of carbonyl (C=O) groups is 1. The lowest BCUT2D eigenvalue weighted by Crippen LogP contribution is -2.23. The quantitative estimate of drug-likeness (QED) is 0.247. The summed E-state index contributed by atoms with van der Waals surface area (Å²) in [5.41, 5.74) is 5.71. The Hall–Kier alpha value is -2.09. The number of carbonyl (C=O) groups excluding carboxylic acids is 1. The molecule has 1 rings (SSSR count). The molecule has 0 radical (unpaired) electrons. The number of aromatic nitrogens is 2. The molecule has 0 aliphatic rings. The van der Waals surface area contributed by atoms with Crippen molar-refractivity contribution in [3.63, 3.8) is 0 Å². The Labute approximate surface area is 97.8 Å². The normalized spacial score (nSPS) is 11.8. The Bertz CT molecular complexity index is 413. The molecule has 17 heavy (non-hydrogen) atoms. The number of nitrogens with two attached hydrogens (primary N) is 1. The van der Waals surface area contributed by atoms with Gasteiger partial charge in [0.2, 0.25) is 0 Å². The number of hydrogen-bond donors (Lipinski definition) is 4. The summed E-state index contributed by atoms with van der Waals surface area (Å²) in [6.45, 7) is 3.57. The number of nitrogens with one attached hydrogen (secondary N) is 2. The molecule has 0 spiro atoms. The third-order valence-corrected chi connectivity index (χ3v) is 1.84. The predicted molar refractivity (Wildman–Crippen MR) is 60.8 cm³/mol. The van der Waals surface area contributed by atoms with E-state index in [1.54, 1.807) is 0 Å². The van der Waals surface area contributed by atoms with Crippen molar-refractivity contribution in [3.05, 3.63) is 11.8 Å². The van der Waals surface area contributed by atoms with Crippen molar-refractivity contribution in [1.82, 2.24) is 10.2 Å². The number of H-pyrrole nitrogens is 1. The van der Waals surface area contributed by atoms with E-state index in [-0.39, 0.29) is 30.3 Å². The van der Waals surface area contributed by atoms with Crippen LogP contribution in [0.1, 0.15) is 19.4 Å². The van der Waals surface area contributed by atoms with Crippen molar-refractivity contribution in [2.24, 2.45) is 10.9 Å². The predicted octanol–water partition coefficient (Wildman–Crippen LogP) is -0.132. The number of amidine groups is 1. The summed E-state index contributed by atoms with van der Waals surface area (Å²) in [5, 5.41) is 20.1. The van der Waals surface area contributed by atoms with Gasteiger partial charge in [-0.25, -0.2) is 0 Å². The Morgan fingerprint density at radius 2 is 2.47 bits per heavy atom. The summed E-state index contributed by atoms with van der Waals surface area (Å²) in [4.78, 5) is 11.5. The van der Waals surface area contributed by atoms with Gasteiger partial charge in [0.25, 0.3) is 5.91 Å². The van der Waals surface area contributed by atoms with Crippen molar-refractivity contribution in [1.29, 1.82) is 0 Å². The van der Waals surface area contributed by atoms with E-state index in [2.05, 4.69) is 20.7 Å². The lowest BCUT2D eigenvalue weighted by Gasteiger charge is -2.08. The molecule has 0 atom stereocenters. The van der Waals surface area contributed by atoms with Crippen LogP contribution in [-0.4, -0.2) is 39.9 Å². The fourth-order valence-electron chi connectivity index (χ4n) is 1.05. The monoisotopic (exact) mass is 241 g/mol. The Balaban J connectivity index is 2.63. The summed E-state index contributed by atoms with van der Waals surface area (Å²) < 4.78 is 5.12. The summed E-state index contributed by atoms with van der Waals surface area (Å²) >= 11 is 0. The van der Waals surface area contributed by atoms with Crippen LogP contribution in [0.4, 0.5) is 5.82 Å². The number of rotatable bonds is 5. The highest BCUT2D eigenvalue weighted by molar-refractivity contribution is 6.04. The van der Waals surface area contributed by atoms with E-state index in [0.717, 1.165) is 0 Å². The number of oxime groups is 1. The number of amides is 1. The Kier molecular flexibility index (Phi) is 4.46. The lowest BCUT2D eigenvalue weighted by molar-refractivity contribution is -0.121. The molecule has 1 aromatic rings. The van der Waals surface area contributed by atoms with Gasteiger partial charge >= 0.3 is 0 Å². The molecule has 0 aliphatic heterocycles. The molecule has 0 saturated heterocycles. The minimum Gasteiger partial charge on any atom is -0.409 e. The molecule has 1 amide bonds. The van der Waals surface area contributed by atoms with Gasteiger partial charge in [0.15, 0.2) is 5.84 Å². The van der Waals surface area contributed by atoms with Crippen molar-refractivity contribution in [3.8, 4) is 0 Å². The number of aromatic amines is 1. The summed E-state index contributed by atoms with van der Waals surface area (Å²) in [6.07, 6.45) is 1.31. The first-order valence-corrected chi connectivity index (χ1v) is 4.97. The smallest absolute Gasteiger partial charge is 0.251 e. The average molecular weight is 241 g/mol. The van der Waals surface area contributed by atoms with E-state index in [0.29, 0.717) is 5.56 Å². The third kappa shape index (κ3) is 3.76. The molecule has 5 N–H and O–H groups in total. The van der Waals surface area contributed by atoms with E-state index in [4.69, 9.17) is 15.7 Å². The minimum atomic E-state index is -0.352. The van der Waals surface area contributed by atoms with Crippen LogP contribution < -0.4 is 11.1 Å². The Morgan fingerprint density at radius 1 is 1.76 bits per heavy atom. The standard InChI is InChI=1S/C9H15N5O3/c1-5(2)17-4-7(15)12-9-6(3-11-13-9)8(10)14-16/h3,5,16H,4H2,1-2H3,(H2,10,14)(H2,11,12,13,15). The molecular weight excluding hydrogens is 226 g/mol. The van der Waals surface area contributed by atoms with Gasteiger partial charge in [-0.05, 0) is 13.8 Å². The fraction of sp³-hybridized carbons (Fsp3) is 0.444. The van der Waals surface area contributed by atoms with Crippen LogP contribution in [0.3, 0.4) is 0 Å².